The molecule has 5 heteroatoms. The van der Waals surface area contributed by atoms with Crippen LogP contribution >= 0.6 is 27.5 Å². The fourth-order valence-corrected chi connectivity index (χ4v) is 1.49. The standard InChI is InChI=1S/C9H7BrClFO2/c1-14-7-3-2-5(10)9(12)8(7)6(13)4-11/h2-3H,4H2,1H3. The van der Waals surface area contributed by atoms with E-state index in [0.717, 1.165) is 0 Å². The Labute approximate surface area is 94.1 Å². The van der Waals surface area contributed by atoms with Crippen molar-refractivity contribution in [1.82, 2.24) is 0 Å². The molecule has 0 aliphatic rings. The van der Waals surface area contributed by atoms with Crippen LogP contribution in [-0.2, 0) is 0 Å². The van der Waals surface area contributed by atoms with Crippen LogP contribution in [0.15, 0.2) is 16.6 Å². The number of halogens is 3. The van der Waals surface area contributed by atoms with Crippen LogP contribution in [0.5, 0.6) is 5.75 Å². The number of rotatable bonds is 3. The van der Waals surface area contributed by atoms with Gasteiger partial charge in [0.05, 0.1) is 23.0 Å². The van der Waals surface area contributed by atoms with Gasteiger partial charge in [0.2, 0.25) is 0 Å². The first-order chi connectivity index (χ1) is 6.61. The predicted octanol–water partition coefficient (Wildman–Crippen LogP) is 3.02. The second kappa shape index (κ2) is 4.75. The van der Waals surface area contributed by atoms with E-state index in [9.17, 15) is 9.18 Å². The van der Waals surface area contributed by atoms with Gasteiger partial charge >= 0.3 is 0 Å². The van der Waals surface area contributed by atoms with Crippen molar-refractivity contribution in [2.24, 2.45) is 0 Å². The summed E-state index contributed by atoms with van der Waals surface area (Å²) in [4.78, 5) is 11.3. The van der Waals surface area contributed by atoms with Crippen LogP contribution in [0, 0.1) is 5.82 Å². The largest absolute Gasteiger partial charge is 0.496 e. The maximum absolute atomic E-state index is 13.5. The van der Waals surface area contributed by atoms with Crippen molar-refractivity contribution in [2.75, 3.05) is 13.0 Å². The number of Topliss-reactive ketones (excluding diaryl/α,β-unsaturated/α-hetero) is 1. The molecule has 0 spiro atoms. The third-order valence-corrected chi connectivity index (χ3v) is 2.53. The molecule has 76 valence electrons. The lowest BCUT2D eigenvalue weighted by Crippen LogP contribution is -2.07. The first-order valence-corrected chi connectivity index (χ1v) is 5.05. The van der Waals surface area contributed by atoms with E-state index in [0.29, 0.717) is 0 Å². The smallest absolute Gasteiger partial charge is 0.184 e. The summed E-state index contributed by atoms with van der Waals surface area (Å²) in [6.45, 7) is 0. The normalized spacial score (nSPS) is 10.0. The number of ketones is 1. The molecule has 0 heterocycles. The summed E-state index contributed by atoms with van der Waals surface area (Å²) in [5.41, 5.74) is -0.114. The summed E-state index contributed by atoms with van der Waals surface area (Å²) in [6.07, 6.45) is 0. The van der Waals surface area contributed by atoms with Crippen molar-refractivity contribution in [3.05, 3.63) is 28.0 Å². The van der Waals surface area contributed by atoms with Gasteiger partial charge in [0.25, 0.3) is 0 Å². The summed E-state index contributed by atoms with van der Waals surface area (Å²) in [5.74, 6) is -1.22. The van der Waals surface area contributed by atoms with Gasteiger partial charge < -0.3 is 4.74 Å². The lowest BCUT2D eigenvalue weighted by Gasteiger charge is -2.08. The van der Waals surface area contributed by atoms with Gasteiger partial charge in [-0.25, -0.2) is 4.39 Å². The summed E-state index contributed by atoms with van der Waals surface area (Å²) < 4.78 is 18.6. The molecular formula is C9H7BrClFO2. The Morgan fingerprint density at radius 1 is 1.64 bits per heavy atom. The van der Waals surface area contributed by atoms with Gasteiger partial charge in [-0.2, -0.15) is 0 Å². The number of alkyl halides is 1. The molecule has 0 bridgehead atoms. The fraction of sp³-hybridized carbons (Fsp3) is 0.222. The van der Waals surface area contributed by atoms with E-state index in [1.165, 1.54) is 19.2 Å². The SMILES string of the molecule is COc1ccc(Br)c(F)c1C(=O)CCl. The van der Waals surface area contributed by atoms with E-state index in [1.807, 2.05) is 0 Å². The fourth-order valence-electron chi connectivity index (χ4n) is 1.03. The van der Waals surface area contributed by atoms with E-state index in [4.69, 9.17) is 16.3 Å². The van der Waals surface area contributed by atoms with Crippen molar-refractivity contribution in [3.63, 3.8) is 0 Å². The maximum Gasteiger partial charge on any atom is 0.184 e. The summed E-state index contributed by atoms with van der Waals surface area (Å²) >= 11 is 8.33. The Morgan fingerprint density at radius 3 is 2.79 bits per heavy atom. The summed E-state index contributed by atoms with van der Waals surface area (Å²) in [6, 6.07) is 2.98. The number of hydrogen-bond acceptors (Lipinski definition) is 2. The van der Waals surface area contributed by atoms with Crippen LogP contribution in [0.1, 0.15) is 10.4 Å². The number of hydrogen-bond donors (Lipinski definition) is 0. The van der Waals surface area contributed by atoms with Gasteiger partial charge in [-0.1, -0.05) is 0 Å². The van der Waals surface area contributed by atoms with Crippen LogP contribution < -0.4 is 4.74 Å². The predicted molar refractivity (Wildman–Crippen MR) is 55.7 cm³/mol. The number of benzene rings is 1. The average molecular weight is 282 g/mol. The Bertz CT molecular complexity index is 368. The molecule has 14 heavy (non-hydrogen) atoms. The quantitative estimate of drug-likeness (QED) is 0.629. The highest BCUT2D eigenvalue weighted by atomic mass is 79.9. The van der Waals surface area contributed by atoms with Crippen molar-refractivity contribution in [2.45, 2.75) is 0 Å². The van der Waals surface area contributed by atoms with Crippen LogP contribution in [-0.4, -0.2) is 18.8 Å². The lowest BCUT2D eigenvalue weighted by molar-refractivity contribution is 0.101. The minimum atomic E-state index is -0.644. The highest BCUT2D eigenvalue weighted by Gasteiger charge is 2.18. The molecule has 0 saturated heterocycles. The molecule has 0 fully saturated rings. The van der Waals surface area contributed by atoms with Crippen molar-refractivity contribution in [1.29, 1.82) is 0 Å². The first kappa shape index (κ1) is 11.5. The van der Waals surface area contributed by atoms with Gasteiger partial charge in [0.15, 0.2) is 11.6 Å². The van der Waals surface area contributed by atoms with Gasteiger partial charge in [-0.3, -0.25) is 4.79 Å². The number of carbonyl (C=O) groups is 1. The molecule has 0 aromatic heterocycles. The zero-order valence-electron chi connectivity index (χ0n) is 7.31. The average Bonchev–Trinajstić information content (AvgIpc) is 2.20. The zero-order valence-corrected chi connectivity index (χ0v) is 9.65. The highest BCUT2D eigenvalue weighted by Crippen LogP contribution is 2.28. The van der Waals surface area contributed by atoms with Crippen molar-refractivity contribution >= 4 is 33.3 Å². The van der Waals surface area contributed by atoms with Gasteiger partial charge in [0, 0.05) is 0 Å². The van der Waals surface area contributed by atoms with Crippen molar-refractivity contribution < 1.29 is 13.9 Å². The molecule has 1 rings (SSSR count). The minimum absolute atomic E-state index is 0.114. The van der Waals surface area contributed by atoms with Crippen LogP contribution in [0.4, 0.5) is 4.39 Å². The molecule has 0 saturated carbocycles. The molecule has 0 unspecified atom stereocenters. The third kappa shape index (κ3) is 2.07. The second-order valence-corrected chi connectivity index (χ2v) is 3.62. The second-order valence-electron chi connectivity index (χ2n) is 2.50. The Kier molecular flexibility index (Phi) is 3.89. The topological polar surface area (TPSA) is 26.3 Å². The van der Waals surface area contributed by atoms with E-state index in [-0.39, 0.29) is 21.7 Å². The Morgan fingerprint density at radius 2 is 2.29 bits per heavy atom. The molecule has 0 N–H and O–H groups in total. The summed E-state index contributed by atoms with van der Waals surface area (Å²) in [7, 11) is 1.37. The zero-order chi connectivity index (χ0) is 10.7. The molecule has 1 aromatic rings. The number of carbonyl (C=O) groups excluding carboxylic acids is 1. The van der Waals surface area contributed by atoms with Gasteiger partial charge in [-0.05, 0) is 28.1 Å². The number of ether oxygens (including phenoxy) is 1. The van der Waals surface area contributed by atoms with E-state index < -0.39 is 11.6 Å². The highest BCUT2D eigenvalue weighted by molar-refractivity contribution is 9.10. The molecule has 0 aliphatic carbocycles. The molecule has 0 atom stereocenters. The molecule has 0 radical (unpaired) electrons. The molecule has 2 nitrogen and oxygen atoms in total. The maximum atomic E-state index is 13.5. The summed E-state index contributed by atoms with van der Waals surface area (Å²) in [5, 5.41) is 0. The molecule has 0 aliphatic heterocycles. The minimum Gasteiger partial charge on any atom is -0.496 e. The Hall–Kier alpha value is -0.610. The molecular weight excluding hydrogens is 274 g/mol. The van der Waals surface area contributed by atoms with E-state index in [1.54, 1.807) is 0 Å². The van der Waals surface area contributed by atoms with Crippen molar-refractivity contribution in [3.8, 4) is 5.75 Å². The van der Waals surface area contributed by atoms with Crippen LogP contribution in [0.2, 0.25) is 0 Å². The molecule has 0 amide bonds. The first-order valence-electron chi connectivity index (χ1n) is 3.73. The number of methoxy groups -OCH3 is 1. The van der Waals surface area contributed by atoms with E-state index >= 15 is 0 Å². The van der Waals surface area contributed by atoms with Crippen LogP contribution in [0.3, 0.4) is 0 Å². The third-order valence-electron chi connectivity index (χ3n) is 1.68. The van der Waals surface area contributed by atoms with E-state index in [2.05, 4.69) is 15.9 Å². The monoisotopic (exact) mass is 280 g/mol. The van der Waals surface area contributed by atoms with Gasteiger partial charge in [-0.15, -0.1) is 11.6 Å². The molecule has 1 aromatic carbocycles. The lowest BCUT2D eigenvalue weighted by atomic mass is 10.1. The van der Waals surface area contributed by atoms with Gasteiger partial charge in [0.1, 0.15) is 5.75 Å². The van der Waals surface area contributed by atoms with Crippen LogP contribution in [0.25, 0.3) is 0 Å². The Balaban J connectivity index is 3.35.